The maximum Gasteiger partial charge on any atom is 0.125 e. The zero-order valence-corrected chi connectivity index (χ0v) is 5.66. The van der Waals surface area contributed by atoms with Gasteiger partial charge in [0.05, 0.1) is 11.0 Å². The minimum absolute atomic E-state index is 0.301. The lowest BCUT2D eigenvalue weighted by Gasteiger charge is -1.92. The summed E-state index contributed by atoms with van der Waals surface area (Å²) in [5.74, 6) is 5.13. The van der Waals surface area contributed by atoms with Crippen molar-refractivity contribution in [3.63, 3.8) is 0 Å². The van der Waals surface area contributed by atoms with Gasteiger partial charge in [0.2, 0.25) is 0 Å². The Kier molecular flexibility index (Phi) is 1.09. The third-order valence-corrected chi connectivity index (χ3v) is 1.54. The summed E-state index contributed by atoms with van der Waals surface area (Å²) in [6.07, 6.45) is 1.45. The summed E-state index contributed by atoms with van der Waals surface area (Å²) in [6, 6.07) is 4.30. The normalized spacial score (nSPS) is 10.6. The van der Waals surface area contributed by atoms with Gasteiger partial charge >= 0.3 is 0 Å². The fourth-order valence-electron chi connectivity index (χ4n) is 0.999. The molecule has 1 aromatic carbocycles. The van der Waals surface area contributed by atoms with Crippen LogP contribution in [0.3, 0.4) is 0 Å². The van der Waals surface area contributed by atoms with Crippen molar-refractivity contribution in [3.8, 4) is 0 Å². The molecule has 0 bridgehead atoms. The van der Waals surface area contributed by atoms with E-state index in [4.69, 9.17) is 5.84 Å². The lowest BCUT2D eigenvalue weighted by Crippen LogP contribution is -2.04. The second-order valence-electron chi connectivity index (χ2n) is 2.28. The molecular weight excluding hydrogens is 145 g/mol. The van der Waals surface area contributed by atoms with E-state index >= 15 is 0 Å². The largest absolute Gasteiger partial charge is 0.338 e. The molecule has 1 aromatic heterocycles. The van der Waals surface area contributed by atoms with Crippen LogP contribution in [-0.2, 0) is 0 Å². The van der Waals surface area contributed by atoms with Crippen molar-refractivity contribution in [3.05, 3.63) is 30.3 Å². The number of rotatable bonds is 0. The molecule has 0 saturated carbocycles. The van der Waals surface area contributed by atoms with Crippen LogP contribution in [0.1, 0.15) is 0 Å². The summed E-state index contributed by atoms with van der Waals surface area (Å²) in [6.45, 7) is 0. The Morgan fingerprint density at radius 1 is 1.45 bits per heavy atom. The van der Waals surface area contributed by atoms with E-state index < -0.39 is 0 Å². The molecule has 0 fully saturated rings. The Hall–Kier alpha value is -1.58. The Labute approximate surface area is 62.2 Å². The van der Waals surface area contributed by atoms with Gasteiger partial charge in [-0.2, -0.15) is 0 Å². The number of nitrogens with zero attached hydrogens (tertiary/aromatic N) is 2. The quantitative estimate of drug-likeness (QED) is 0.568. The van der Waals surface area contributed by atoms with E-state index in [0.717, 1.165) is 0 Å². The van der Waals surface area contributed by atoms with Crippen molar-refractivity contribution >= 4 is 11.0 Å². The van der Waals surface area contributed by atoms with Gasteiger partial charge in [0.25, 0.3) is 0 Å². The van der Waals surface area contributed by atoms with Crippen LogP contribution < -0.4 is 5.84 Å². The second-order valence-corrected chi connectivity index (χ2v) is 2.28. The van der Waals surface area contributed by atoms with Gasteiger partial charge < -0.3 is 5.84 Å². The van der Waals surface area contributed by atoms with E-state index in [1.807, 2.05) is 0 Å². The average molecular weight is 151 g/mol. The topological polar surface area (TPSA) is 43.8 Å². The zero-order chi connectivity index (χ0) is 7.84. The predicted molar refractivity (Wildman–Crippen MR) is 39.8 cm³/mol. The molecule has 0 unspecified atom stereocenters. The summed E-state index contributed by atoms with van der Waals surface area (Å²) < 4.78 is 13.9. The first-order valence-electron chi connectivity index (χ1n) is 3.15. The molecule has 2 N–H and O–H groups in total. The number of hydrogen-bond donors (Lipinski definition) is 1. The Balaban J connectivity index is 2.87. The van der Waals surface area contributed by atoms with E-state index in [1.165, 1.54) is 23.1 Å². The molecule has 3 nitrogen and oxygen atoms in total. The lowest BCUT2D eigenvalue weighted by molar-refractivity contribution is 0.629. The average Bonchev–Trinajstić information content (AvgIpc) is 2.33. The van der Waals surface area contributed by atoms with Crippen molar-refractivity contribution < 1.29 is 4.39 Å². The zero-order valence-electron chi connectivity index (χ0n) is 5.66. The number of aromatic nitrogens is 2. The van der Waals surface area contributed by atoms with Gasteiger partial charge in [0, 0.05) is 6.07 Å². The van der Waals surface area contributed by atoms with Crippen LogP contribution in [-0.4, -0.2) is 9.66 Å². The third kappa shape index (κ3) is 0.832. The fourth-order valence-corrected chi connectivity index (χ4v) is 0.999. The molecule has 4 heteroatoms. The highest BCUT2D eigenvalue weighted by Crippen LogP contribution is 2.11. The number of benzene rings is 1. The smallest absolute Gasteiger partial charge is 0.125 e. The number of fused-ring (bicyclic) bond motifs is 1. The second kappa shape index (κ2) is 1.95. The molecule has 1 heterocycles. The summed E-state index contributed by atoms with van der Waals surface area (Å²) in [5, 5.41) is 0. The standard InChI is InChI=1S/C7H6FN3/c8-5-1-2-6-7(3-5)11(9)4-10-6/h1-4H,9H2. The fraction of sp³-hybridized carbons (Fsp3) is 0. The Bertz CT molecular complexity index is 393. The SMILES string of the molecule is Nn1cnc2ccc(F)cc21. The monoisotopic (exact) mass is 151 g/mol. The molecule has 0 saturated heterocycles. The number of nitrogen functional groups attached to an aromatic ring is 1. The molecule has 0 spiro atoms. The van der Waals surface area contributed by atoms with E-state index in [-0.39, 0.29) is 5.82 Å². The van der Waals surface area contributed by atoms with Crippen LogP contribution in [0.25, 0.3) is 11.0 Å². The van der Waals surface area contributed by atoms with Crippen molar-refractivity contribution in [1.29, 1.82) is 0 Å². The molecule has 0 atom stereocenters. The van der Waals surface area contributed by atoms with E-state index in [2.05, 4.69) is 4.98 Å². The van der Waals surface area contributed by atoms with Gasteiger partial charge in [-0.3, -0.25) is 0 Å². The number of imidazole rings is 1. The first-order chi connectivity index (χ1) is 5.27. The van der Waals surface area contributed by atoms with E-state index in [0.29, 0.717) is 11.0 Å². The molecule has 11 heavy (non-hydrogen) atoms. The van der Waals surface area contributed by atoms with Crippen LogP contribution in [0.5, 0.6) is 0 Å². The van der Waals surface area contributed by atoms with Crippen LogP contribution in [0.4, 0.5) is 4.39 Å². The van der Waals surface area contributed by atoms with Gasteiger partial charge in [-0.15, -0.1) is 0 Å². The highest BCUT2D eigenvalue weighted by atomic mass is 19.1. The molecule has 0 radical (unpaired) electrons. The molecule has 0 aliphatic carbocycles. The summed E-state index contributed by atoms with van der Waals surface area (Å²) in [7, 11) is 0. The lowest BCUT2D eigenvalue weighted by atomic mass is 10.3. The van der Waals surface area contributed by atoms with Gasteiger partial charge in [-0.25, -0.2) is 14.1 Å². The highest BCUT2D eigenvalue weighted by Gasteiger charge is 1.99. The minimum Gasteiger partial charge on any atom is -0.338 e. The van der Waals surface area contributed by atoms with Crippen LogP contribution in [0, 0.1) is 5.82 Å². The maximum absolute atomic E-state index is 12.6. The van der Waals surface area contributed by atoms with Crippen molar-refractivity contribution in [2.24, 2.45) is 0 Å². The van der Waals surface area contributed by atoms with Crippen molar-refractivity contribution in [2.45, 2.75) is 0 Å². The molecule has 2 rings (SSSR count). The molecule has 56 valence electrons. The summed E-state index contributed by atoms with van der Waals surface area (Å²) in [5.41, 5.74) is 1.30. The summed E-state index contributed by atoms with van der Waals surface area (Å²) in [4.78, 5) is 3.93. The predicted octanol–water partition coefficient (Wildman–Crippen LogP) is 0.889. The number of hydrogen-bond acceptors (Lipinski definition) is 2. The van der Waals surface area contributed by atoms with Gasteiger partial charge in [0.1, 0.15) is 12.1 Å². The molecule has 0 amide bonds. The molecular formula is C7H6FN3. The van der Waals surface area contributed by atoms with Gasteiger partial charge in [-0.05, 0) is 12.1 Å². The minimum atomic E-state index is -0.301. The van der Waals surface area contributed by atoms with E-state index in [9.17, 15) is 4.39 Å². The Morgan fingerprint density at radius 2 is 2.27 bits per heavy atom. The first kappa shape index (κ1) is 6.15. The highest BCUT2D eigenvalue weighted by molar-refractivity contribution is 5.75. The Morgan fingerprint density at radius 3 is 3.09 bits per heavy atom. The molecule has 0 aliphatic rings. The van der Waals surface area contributed by atoms with Crippen LogP contribution >= 0.6 is 0 Å². The third-order valence-electron chi connectivity index (χ3n) is 1.54. The van der Waals surface area contributed by atoms with Gasteiger partial charge in [-0.1, -0.05) is 0 Å². The molecule has 0 aliphatic heterocycles. The van der Waals surface area contributed by atoms with Gasteiger partial charge in [0.15, 0.2) is 0 Å². The number of nitrogens with two attached hydrogens (primary N) is 1. The number of halogens is 1. The van der Waals surface area contributed by atoms with Crippen molar-refractivity contribution in [1.82, 2.24) is 9.66 Å². The first-order valence-corrected chi connectivity index (χ1v) is 3.15. The van der Waals surface area contributed by atoms with E-state index in [1.54, 1.807) is 6.07 Å². The van der Waals surface area contributed by atoms with Crippen molar-refractivity contribution in [2.75, 3.05) is 5.84 Å². The molecule has 2 aromatic rings. The van der Waals surface area contributed by atoms with Crippen LogP contribution in [0.2, 0.25) is 0 Å². The van der Waals surface area contributed by atoms with Crippen LogP contribution in [0.15, 0.2) is 24.5 Å². The summed E-state index contributed by atoms with van der Waals surface area (Å²) >= 11 is 0. The maximum atomic E-state index is 12.6.